The number of carbonyl (C=O) groups is 1. The molecule has 31 heavy (non-hydrogen) atoms. The van der Waals surface area contributed by atoms with Crippen molar-refractivity contribution >= 4 is 22.5 Å². The van der Waals surface area contributed by atoms with Crippen LogP contribution in [0.3, 0.4) is 0 Å². The van der Waals surface area contributed by atoms with Crippen molar-refractivity contribution in [2.45, 2.75) is 6.04 Å². The maximum absolute atomic E-state index is 13.4. The molecule has 156 valence electrons. The average molecular weight is 415 g/mol. The van der Waals surface area contributed by atoms with Gasteiger partial charge in [0.05, 0.1) is 18.1 Å². The number of para-hydroxylation sites is 2. The van der Waals surface area contributed by atoms with Crippen LogP contribution in [0.5, 0.6) is 5.75 Å². The van der Waals surface area contributed by atoms with Crippen molar-refractivity contribution in [2.24, 2.45) is 0 Å². The molecule has 0 aliphatic carbocycles. The standard InChI is InChI=1S/C24H21N3O4/c1-26(24(28)19-8-4-6-10-22(19)27(29)30)23(16-11-13-17(31-2)14-12-16)20-15-25-21-9-5-3-7-18(20)21/h3-15,23,25H,1-2H3. The van der Waals surface area contributed by atoms with Crippen LogP contribution in [0, 0.1) is 10.1 Å². The van der Waals surface area contributed by atoms with E-state index in [9.17, 15) is 14.9 Å². The molecular weight excluding hydrogens is 394 g/mol. The number of rotatable bonds is 6. The minimum atomic E-state index is -0.533. The van der Waals surface area contributed by atoms with E-state index in [1.165, 1.54) is 12.1 Å². The molecule has 7 heteroatoms. The quantitative estimate of drug-likeness (QED) is 0.357. The molecule has 0 saturated heterocycles. The Kier molecular flexibility index (Phi) is 5.41. The molecule has 4 rings (SSSR count). The summed E-state index contributed by atoms with van der Waals surface area (Å²) in [5.74, 6) is 0.271. The summed E-state index contributed by atoms with van der Waals surface area (Å²) in [6.07, 6.45) is 1.88. The Balaban J connectivity index is 1.84. The molecule has 1 heterocycles. The van der Waals surface area contributed by atoms with Crippen molar-refractivity contribution in [2.75, 3.05) is 14.2 Å². The van der Waals surface area contributed by atoms with Crippen LogP contribution in [0.15, 0.2) is 79.0 Å². The van der Waals surface area contributed by atoms with Gasteiger partial charge < -0.3 is 14.6 Å². The lowest BCUT2D eigenvalue weighted by molar-refractivity contribution is -0.385. The van der Waals surface area contributed by atoms with Crippen LogP contribution in [-0.2, 0) is 0 Å². The number of ether oxygens (including phenoxy) is 1. The van der Waals surface area contributed by atoms with E-state index in [0.29, 0.717) is 5.75 Å². The Hall–Kier alpha value is -4.13. The molecule has 1 N–H and O–H groups in total. The summed E-state index contributed by atoms with van der Waals surface area (Å²) in [6.45, 7) is 0. The van der Waals surface area contributed by atoms with Crippen LogP contribution in [0.4, 0.5) is 5.69 Å². The number of amides is 1. The molecule has 4 aromatic rings. The van der Waals surface area contributed by atoms with Crippen LogP contribution in [0.2, 0.25) is 0 Å². The number of methoxy groups -OCH3 is 1. The second kappa shape index (κ2) is 8.31. The molecular formula is C24H21N3O4. The van der Waals surface area contributed by atoms with E-state index >= 15 is 0 Å². The van der Waals surface area contributed by atoms with Gasteiger partial charge in [0.25, 0.3) is 11.6 Å². The first-order valence-electron chi connectivity index (χ1n) is 9.72. The van der Waals surface area contributed by atoms with Gasteiger partial charge in [0.2, 0.25) is 0 Å². The van der Waals surface area contributed by atoms with Crippen molar-refractivity contribution in [1.82, 2.24) is 9.88 Å². The number of H-pyrrole nitrogens is 1. The SMILES string of the molecule is COc1ccc(C(c2c[nH]c3ccccc23)N(C)C(=O)c2ccccc2[N+](=O)[O-])cc1. The minimum Gasteiger partial charge on any atom is -0.497 e. The molecule has 1 amide bonds. The van der Waals surface area contributed by atoms with Crippen LogP contribution < -0.4 is 4.74 Å². The number of hydrogen-bond acceptors (Lipinski definition) is 4. The molecule has 3 aromatic carbocycles. The minimum absolute atomic E-state index is 0.0494. The zero-order valence-electron chi connectivity index (χ0n) is 17.1. The summed E-state index contributed by atoms with van der Waals surface area (Å²) < 4.78 is 5.27. The fourth-order valence-corrected chi connectivity index (χ4v) is 3.84. The number of aromatic amines is 1. The van der Waals surface area contributed by atoms with Crippen molar-refractivity contribution in [3.8, 4) is 5.75 Å². The van der Waals surface area contributed by atoms with Crippen LogP contribution in [0.1, 0.15) is 27.5 Å². The summed E-state index contributed by atoms with van der Waals surface area (Å²) >= 11 is 0. The number of nitro groups is 1. The highest BCUT2D eigenvalue weighted by atomic mass is 16.6. The first-order valence-corrected chi connectivity index (χ1v) is 9.72. The normalized spacial score (nSPS) is 11.8. The molecule has 0 saturated carbocycles. The summed E-state index contributed by atoms with van der Waals surface area (Å²) in [5, 5.41) is 12.5. The third kappa shape index (κ3) is 3.73. The van der Waals surface area contributed by atoms with Gasteiger partial charge in [-0.2, -0.15) is 0 Å². The molecule has 0 radical (unpaired) electrons. The molecule has 0 fully saturated rings. The van der Waals surface area contributed by atoms with Gasteiger partial charge in [-0.1, -0.05) is 42.5 Å². The lowest BCUT2D eigenvalue weighted by Gasteiger charge is -2.29. The van der Waals surface area contributed by atoms with Gasteiger partial charge in [0, 0.05) is 35.8 Å². The van der Waals surface area contributed by atoms with Crippen LogP contribution in [-0.4, -0.2) is 34.9 Å². The van der Waals surface area contributed by atoms with Gasteiger partial charge in [-0.25, -0.2) is 0 Å². The van der Waals surface area contributed by atoms with E-state index in [4.69, 9.17) is 4.74 Å². The predicted octanol–water partition coefficient (Wildman–Crippen LogP) is 4.95. The molecule has 1 aromatic heterocycles. The molecule has 0 spiro atoms. The second-order valence-electron chi connectivity index (χ2n) is 7.16. The maximum Gasteiger partial charge on any atom is 0.282 e. The van der Waals surface area contributed by atoms with Crippen molar-refractivity contribution < 1.29 is 14.5 Å². The maximum atomic E-state index is 13.4. The summed E-state index contributed by atoms with van der Waals surface area (Å²) in [6, 6.07) is 20.8. The number of nitrogens with one attached hydrogen (secondary N) is 1. The Morgan fingerprint density at radius 2 is 1.71 bits per heavy atom. The van der Waals surface area contributed by atoms with E-state index in [2.05, 4.69) is 4.98 Å². The fourth-order valence-electron chi connectivity index (χ4n) is 3.84. The number of nitro benzene ring substituents is 1. The summed E-state index contributed by atoms with van der Waals surface area (Å²) in [7, 11) is 3.26. The van der Waals surface area contributed by atoms with E-state index < -0.39 is 16.9 Å². The number of carbonyl (C=O) groups excluding carboxylic acids is 1. The monoisotopic (exact) mass is 415 g/mol. The van der Waals surface area contributed by atoms with Crippen LogP contribution in [0.25, 0.3) is 10.9 Å². The van der Waals surface area contributed by atoms with Crippen molar-refractivity contribution in [3.63, 3.8) is 0 Å². The lowest BCUT2D eigenvalue weighted by atomic mass is 9.96. The number of benzene rings is 3. The zero-order chi connectivity index (χ0) is 22.0. The highest BCUT2D eigenvalue weighted by Gasteiger charge is 2.30. The molecule has 1 atom stereocenters. The third-order valence-electron chi connectivity index (χ3n) is 5.39. The number of hydrogen-bond donors (Lipinski definition) is 1. The highest BCUT2D eigenvalue weighted by Crippen LogP contribution is 2.35. The fraction of sp³-hybridized carbons (Fsp3) is 0.125. The topological polar surface area (TPSA) is 88.5 Å². The first-order chi connectivity index (χ1) is 15.0. The molecule has 0 aliphatic heterocycles. The summed E-state index contributed by atoms with van der Waals surface area (Å²) in [5.41, 5.74) is 2.54. The van der Waals surface area contributed by atoms with Gasteiger partial charge in [-0.05, 0) is 29.8 Å². The molecule has 1 unspecified atom stereocenters. The predicted molar refractivity (Wildman–Crippen MR) is 118 cm³/mol. The van der Waals surface area contributed by atoms with Crippen LogP contribution >= 0.6 is 0 Å². The average Bonchev–Trinajstić information content (AvgIpc) is 3.23. The van der Waals surface area contributed by atoms with Gasteiger partial charge in [-0.15, -0.1) is 0 Å². The third-order valence-corrected chi connectivity index (χ3v) is 5.39. The molecule has 0 bridgehead atoms. The lowest BCUT2D eigenvalue weighted by Crippen LogP contribution is -2.32. The Bertz CT molecular complexity index is 1250. The van der Waals surface area contributed by atoms with E-state index in [1.54, 1.807) is 31.2 Å². The number of aromatic nitrogens is 1. The van der Waals surface area contributed by atoms with E-state index in [1.807, 2.05) is 54.7 Å². The van der Waals surface area contributed by atoms with E-state index in [0.717, 1.165) is 22.0 Å². The summed E-state index contributed by atoms with van der Waals surface area (Å²) in [4.78, 5) is 29.2. The second-order valence-corrected chi connectivity index (χ2v) is 7.16. The van der Waals surface area contributed by atoms with Gasteiger partial charge >= 0.3 is 0 Å². The number of fused-ring (bicyclic) bond motifs is 1. The van der Waals surface area contributed by atoms with Gasteiger partial charge in [0.1, 0.15) is 11.3 Å². The largest absolute Gasteiger partial charge is 0.497 e. The number of nitrogens with zero attached hydrogens (tertiary/aromatic N) is 2. The van der Waals surface area contributed by atoms with Gasteiger partial charge in [-0.3, -0.25) is 14.9 Å². The van der Waals surface area contributed by atoms with Gasteiger partial charge in [0.15, 0.2) is 0 Å². The Morgan fingerprint density at radius 1 is 1.03 bits per heavy atom. The van der Waals surface area contributed by atoms with Crippen molar-refractivity contribution in [3.05, 3.63) is 106 Å². The zero-order valence-corrected chi connectivity index (χ0v) is 17.1. The Labute approximate surface area is 179 Å². The van der Waals surface area contributed by atoms with Crippen molar-refractivity contribution in [1.29, 1.82) is 0 Å². The smallest absolute Gasteiger partial charge is 0.282 e. The highest BCUT2D eigenvalue weighted by molar-refractivity contribution is 5.99. The Morgan fingerprint density at radius 3 is 2.42 bits per heavy atom. The van der Waals surface area contributed by atoms with E-state index in [-0.39, 0.29) is 11.3 Å². The molecule has 0 aliphatic rings. The first kappa shape index (κ1) is 20.2. The molecule has 7 nitrogen and oxygen atoms in total.